The maximum absolute atomic E-state index is 13.0. The van der Waals surface area contributed by atoms with Crippen LogP contribution in [0.3, 0.4) is 0 Å². The van der Waals surface area contributed by atoms with Gasteiger partial charge < -0.3 is 10.6 Å². The third-order valence-electron chi connectivity index (χ3n) is 4.99. The lowest BCUT2D eigenvalue weighted by Gasteiger charge is -2.22. The highest BCUT2D eigenvalue weighted by Crippen LogP contribution is 2.30. The van der Waals surface area contributed by atoms with E-state index in [1.165, 1.54) is 39.2 Å². The van der Waals surface area contributed by atoms with Crippen molar-refractivity contribution < 1.29 is 22.8 Å². The van der Waals surface area contributed by atoms with Gasteiger partial charge in [-0.05, 0) is 42.8 Å². The Balaban J connectivity index is 1.79. The topological polar surface area (TPSA) is 116 Å². The number of nitrogens with zero attached hydrogens (tertiary/aromatic N) is 2. The van der Waals surface area contributed by atoms with Crippen molar-refractivity contribution in [1.82, 2.24) is 14.5 Å². The minimum absolute atomic E-state index is 0.0344. The van der Waals surface area contributed by atoms with Crippen molar-refractivity contribution in [1.29, 1.82) is 0 Å². The molecule has 1 fully saturated rings. The first-order valence-corrected chi connectivity index (χ1v) is 11.5. The average Bonchev–Trinajstić information content (AvgIpc) is 2.93. The summed E-state index contributed by atoms with van der Waals surface area (Å²) in [6.45, 7) is 0.940. The summed E-state index contributed by atoms with van der Waals surface area (Å²) in [6, 6.07) is 9.51. The highest BCUT2D eigenvalue weighted by molar-refractivity contribution is 7.89. The molecule has 1 atom stereocenters. The molecule has 0 spiro atoms. The third kappa shape index (κ3) is 4.44. The van der Waals surface area contributed by atoms with Gasteiger partial charge >= 0.3 is 6.03 Å². The minimum atomic E-state index is -3.76. The zero-order valence-electron chi connectivity index (χ0n) is 17.3. The SMILES string of the molecule is CN(C)S(=O)(=O)c1ccc(Cl)c(NC(=O)CN2C(=O)NC(C)(c3ccc(Cl)cc3)C2=O)c1. The van der Waals surface area contributed by atoms with Crippen molar-refractivity contribution in [2.75, 3.05) is 26.0 Å². The maximum atomic E-state index is 13.0. The van der Waals surface area contributed by atoms with Gasteiger partial charge in [-0.3, -0.25) is 14.5 Å². The molecule has 2 aromatic rings. The minimum Gasteiger partial charge on any atom is -0.323 e. The summed E-state index contributed by atoms with van der Waals surface area (Å²) in [5.41, 5.74) is -0.820. The van der Waals surface area contributed by atoms with E-state index in [4.69, 9.17) is 23.2 Å². The predicted molar refractivity (Wildman–Crippen MR) is 120 cm³/mol. The highest BCUT2D eigenvalue weighted by Gasteiger charge is 2.49. The number of rotatable bonds is 6. The van der Waals surface area contributed by atoms with E-state index >= 15 is 0 Å². The fourth-order valence-corrected chi connectivity index (χ4v) is 4.34. The van der Waals surface area contributed by atoms with Crippen molar-refractivity contribution in [2.45, 2.75) is 17.4 Å². The lowest BCUT2D eigenvalue weighted by atomic mass is 9.92. The molecule has 0 bridgehead atoms. The quantitative estimate of drug-likeness (QED) is 0.593. The van der Waals surface area contributed by atoms with Gasteiger partial charge in [0.05, 0.1) is 15.6 Å². The van der Waals surface area contributed by atoms with Crippen LogP contribution in [0.1, 0.15) is 12.5 Å². The van der Waals surface area contributed by atoms with Crippen LogP contribution in [0.25, 0.3) is 0 Å². The van der Waals surface area contributed by atoms with Gasteiger partial charge in [0, 0.05) is 19.1 Å². The highest BCUT2D eigenvalue weighted by atomic mass is 35.5. The Bertz CT molecular complexity index is 1200. The van der Waals surface area contributed by atoms with Crippen LogP contribution in [0.2, 0.25) is 10.0 Å². The number of hydrogen-bond acceptors (Lipinski definition) is 5. The van der Waals surface area contributed by atoms with E-state index in [1.807, 2.05) is 0 Å². The maximum Gasteiger partial charge on any atom is 0.325 e. The van der Waals surface area contributed by atoms with Gasteiger partial charge in [-0.25, -0.2) is 17.5 Å². The average molecular weight is 499 g/mol. The standard InChI is InChI=1S/C20H20Cl2N4O5S/c1-20(12-4-6-13(21)7-5-12)18(28)26(19(29)24-20)11-17(27)23-16-10-14(8-9-15(16)22)32(30,31)25(2)3/h4-10H,11H2,1-3H3,(H,23,27)(H,24,29). The third-order valence-corrected chi connectivity index (χ3v) is 7.38. The number of amides is 4. The normalized spacial score (nSPS) is 18.8. The molecular formula is C20H20Cl2N4O5S. The van der Waals surface area contributed by atoms with Crippen LogP contribution >= 0.6 is 23.2 Å². The van der Waals surface area contributed by atoms with Crippen molar-refractivity contribution in [3.8, 4) is 0 Å². The van der Waals surface area contributed by atoms with Crippen molar-refractivity contribution in [3.05, 3.63) is 58.1 Å². The first kappa shape index (κ1) is 24.0. The molecule has 0 aromatic heterocycles. The molecule has 170 valence electrons. The molecule has 12 heteroatoms. The van der Waals surface area contributed by atoms with Crippen LogP contribution in [0, 0.1) is 0 Å². The van der Waals surface area contributed by atoms with E-state index in [0.717, 1.165) is 9.21 Å². The fraction of sp³-hybridized carbons (Fsp3) is 0.250. The lowest BCUT2D eigenvalue weighted by Crippen LogP contribution is -2.42. The summed E-state index contributed by atoms with van der Waals surface area (Å²) in [7, 11) is -1.01. The number of sulfonamides is 1. The molecule has 9 nitrogen and oxygen atoms in total. The van der Waals surface area contributed by atoms with E-state index in [0.29, 0.717) is 10.6 Å². The van der Waals surface area contributed by atoms with Crippen molar-refractivity contribution >= 4 is 56.8 Å². The van der Waals surface area contributed by atoms with Crippen LogP contribution < -0.4 is 10.6 Å². The van der Waals surface area contributed by atoms with E-state index in [2.05, 4.69) is 10.6 Å². The van der Waals surface area contributed by atoms with Crippen molar-refractivity contribution in [2.24, 2.45) is 0 Å². The second kappa shape index (κ2) is 8.70. The summed E-state index contributed by atoms with van der Waals surface area (Å²) < 4.78 is 25.7. The van der Waals surface area contributed by atoms with Crippen LogP contribution in [-0.2, 0) is 25.2 Å². The van der Waals surface area contributed by atoms with E-state index in [-0.39, 0.29) is 15.6 Å². The Hall–Kier alpha value is -2.66. The number of carbonyl (C=O) groups excluding carboxylic acids is 3. The Morgan fingerprint density at radius 3 is 2.34 bits per heavy atom. The fourth-order valence-electron chi connectivity index (χ4n) is 3.12. The second-order valence-corrected chi connectivity index (χ2v) is 10.4. The first-order chi connectivity index (χ1) is 14.9. The molecule has 3 rings (SSSR count). The number of nitrogens with one attached hydrogen (secondary N) is 2. The number of imide groups is 1. The molecule has 1 aliphatic heterocycles. The van der Waals surface area contributed by atoms with Crippen LogP contribution in [0.15, 0.2) is 47.4 Å². The van der Waals surface area contributed by atoms with Crippen LogP contribution in [-0.4, -0.2) is 56.1 Å². The van der Waals surface area contributed by atoms with Gasteiger partial charge in [-0.1, -0.05) is 35.3 Å². The van der Waals surface area contributed by atoms with Gasteiger partial charge in [0.2, 0.25) is 15.9 Å². The zero-order chi connectivity index (χ0) is 23.8. The Morgan fingerprint density at radius 2 is 1.75 bits per heavy atom. The molecule has 2 N–H and O–H groups in total. The number of halogens is 2. The molecular weight excluding hydrogens is 479 g/mol. The lowest BCUT2D eigenvalue weighted by molar-refractivity contribution is -0.133. The summed E-state index contributed by atoms with van der Waals surface area (Å²) in [5.74, 6) is -1.34. The Morgan fingerprint density at radius 1 is 1.12 bits per heavy atom. The molecule has 1 saturated heterocycles. The van der Waals surface area contributed by atoms with Crippen molar-refractivity contribution in [3.63, 3.8) is 0 Å². The van der Waals surface area contributed by atoms with Gasteiger partial charge in [0.15, 0.2) is 0 Å². The van der Waals surface area contributed by atoms with E-state index in [9.17, 15) is 22.8 Å². The van der Waals surface area contributed by atoms with Crippen LogP contribution in [0.4, 0.5) is 10.5 Å². The second-order valence-electron chi connectivity index (χ2n) is 7.43. The number of carbonyl (C=O) groups is 3. The molecule has 4 amide bonds. The summed E-state index contributed by atoms with van der Waals surface area (Å²) in [6.07, 6.45) is 0. The van der Waals surface area contributed by atoms with E-state index < -0.39 is 40.0 Å². The predicted octanol–water partition coefficient (Wildman–Crippen LogP) is 2.65. The summed E-state index contributed by atoms with van der Waals surface area (Å²) in [4.78, 5) is 38.7. The molecule has 2 aromatic carbocycles. The molecule has 1 unspecified atom stereocenters. The number of hydrogen-bond donors (Lipinski definition) is 2. The monoisotopic (exact) mass is 498 g/mol. The molecule has 0 saturated carbocycles. The number of urea groups is 1. The molecule has 1 heterocycles. The smallest absolute Gasteiger partial charge is 0.323 e. The molecule has 1 aliphatic rings. The summed E-state index contributed by atoms with van der Waals surface area (Å²) >= 11 is 12.0. The number of anilines is 1. The molecule has 0 radical (unpaired) electrons. The van der Waals surface area contributed by atoms with Gasteiger partial charge in [0.1, 0.15) is 12.1 Å². The largest absolute Gasteiger partial charge is 0.325 e. The summed E-state index contributed by atoms with van der Waals surface area (Å²) in [5, 5.41) is 5.62. The first-order valence-electron chi connectivity index (χ1n) is 9.28. The Kier molecular flexibility index (Phi) is 6.52. The zero-order valence-corrected chi connectivity index (χ0v) is 19.7. The number of benzene rings is 2. The molecule has 32 heavy (non-hydrogen) atoms. The van der Waals surface area contributed by atoms with Gasteiger partial charge in [-0.2, -0.15) is 0 Å². The van der Waals surface area contributed by atoms with Gasteiger partial charge in [0.25, 0.3) is 5.91 Å². The van der Waals surface area contributed by atoms with E-state index in [1.54, 1.807) is 24.3 Å². The van der Waals surface area contributed by atoms with Crippen LogP contribution in [0.5, 0.6) is 0 Å². The Labute approximate surface area is 195 Å². The van der Waals surface area contributed by atoms with Gasteiger partial charge in [-0.15, -0.1) is 0 Å². The molecule has 0 aliphatic carbocycles.